The van der Waals surface area contributed by atoms with Crippen LogP contribution in [0.4, 0.5) is 45.5 Å². The maximum Gasteiger partial charge on any atom is 0.159 e. The van der Waals surface area contributed by atoms with Gasteiger partial charge in [-0.25, -0.2) is 0 Å². The van der Waals surface area contributed by atoms with Crippen molar-refractivity contribution in [1.82, 2.24) is 0 Å². The zero-order valence-corrected chi connectivity index (χ0v) is 46.3. The molecule has 0 N–H and O–H groups in total. The Hall–Kier alpha value is -7.30. The molecule has 1 aromatic heterocycles. The van der Waals surface area contributed by atoms with Crippen LogP contribution in [0.15, 0.2) is 162 Å². The zero-order chi connectivity index (χ0) is 52.2. The number of nitrogens with zero attached hydrogens (tertiary/aromatic N) is 3. The molecule has 0 saturated carbocycles. The van der Waals surface area contributed by atoms with Crippen LogP contribution in [0.2, 0.25) is 0 Å². The van der Waals surface area contributed by atoms with Crippen LogP contribution in [-0.2, 0) is 33.5 Å². The van der Waals surface area contributed by atoms with Crippen molar-refractivity contribution in [2.75, 3.05) is 14.7 Å². The summed E-state index contributed by atoms with van der Waals surface area (Å²) >= 11 is 0. The molecular weight excluding hydrogens is 923 g/mol. The SMILES string of the molecule is Cc1cc2c3c(c1)N(c1cccc4c1oc1ccccc14)c1cc4c(cc1C3C1=C(c3ccc5c(c3C1)C(C)(C)CCC5(C)C)N2c1ccc2c(c1)C(C)(C)CCC2(C)C)C(C)(C)c1ccccc1N4c1ccccc1. The van der Waals surface area contributed by atoms with E-state index in [4.69, 9.17) is 4.42 Å². The molecule has 4 heterocycles. The average molecular weight is 992 g/mol. The number of benzene rings is 8. The lowest BCUT2D eigenvalue weighted by Gasteiger charge is -2.48. The van der Waals surface area contributed by atoms with Gasteiger partial charge < -0.3 is 19.1 Å². The van der Waals surface area contributed by atoms with Gasteiger partial charge in [-0.1, -0.05) is 154 Å². The van der Waals surface area contributed by atoms with E-state index in [9.17, 15) is 0 Å². The van der Waals surface area contributed by atoms with Gasteiger partial charge in [-0.3, -0.25) is 0 Å². The maximum absolute atomic E-state index is 7.09. The fraction of sp³-hybridized carbons (Fsp3) is 0.306. The summed E-state index contributed by atoms with van der Waals surface area (Å²) in [6.45, 7) is 27.1. The monoisotopic (exact) mass is 992 g/mol. The second-order valence-corrected chi connectivity index (χ2v) is 26.6. The fourth-order valence-corrected chi connectivity index (χ4v) is 15.6. The van der Waals surface area contributed by atoms with E-state index < -0.39 is 0 Å². The molecule has 378 valence electrons. The van der Waals surface area contributed by atoms with Gasteiger partial charge in [0.1, 0.15) is 5.58 Å². The number of rotatable bonds is 3. The van der Waals surface area contributed by atoms with Gasteiger partial charge in [0.05, 0.1) is 39.8 Å². The number of anilines is 8. The normalized spacial score (nSPS) is 20.3. The molecule has 8 aromatic carbocycles. The molecule has 0 amide bonds. The van der Waals surface area contributed by atoms with Gasteiger partial charge in [-0.05, 0) is 183 Å². The van der Waals surface area contributed by atoms with E-state index in [0.717, 1.165) is 46.2 Å². The summed E-state index contributed by atoms with van der Waals surface area (Å²) in [5.74, 6) is -0.0165. The molecule has 0 bridgehead atoms. The van der Waals surface area contributed by atoms with Crippen molar-refractivity contribution in [2.24, 2.45) is 0 Å². The van der Waals surface area contributed by atoms with Crippen LogP contribution in [0.25, 0.3) is 27.6 Å². The first kappa shape index (κ1) is 46.0. The molecule has 3 aliphatic heterocycles. The first-order valence-corrected chi connectivity index (χ1v) is 28.2. The van der Waals surface area contributed by atoms with Crippen molar-refractivity contribution in [3.63, 3.8) is 0 Å². The summed E-state index contributed by atoms with van der Waals surface area (Å²) in [4.78, 5) is 7.88. The number of aryl methyl sites for hydroxylation is 1. The van der Waals surface area contributed by atoms with Gasteiger partial charge in [-0.15, -0.1) is 0 Å². The van der Waals surface area contributed by atoms with Crippen molar-refractivity contribution in [3.8, 4) is 0 Å². The molecule has 0 radical (unpaired) electrons. The Balaban J connectivity index is 1.08. The minimum absolute atomic E-state index is 0.0165. The third kappa shape index (κ3) is 6.13. The molecule has 4 nitrogen and oxygen atoms in total. The fourth-order valence-electron chi connectivity index (χ4n) is 15.6. The first-order valence-electron chi connectivity index (χ1n) is 28.2. The van der Waals surface area contributed by atoms with Gasteiger partial charge in [0, 0.05) is 44.6 Å². The van der Waals surface area contributed by atoms with Gasteiger partial charge in [0.15, 0.2) is 5.58 Å². The smallest absolute Gasteiger partial charge is 0.159 e. The lowest BCUT2D eigenvalue weighted by molar-refractivity contribution is 0.330. The van der Waals surface area contributed by atoms with Crippen LogP contribution in [0, 0.1) is 6.92 Å². The second kappa shape index (κ2) is 15.2. The Bertz CT molecular complexity index is 4040. The number of hydrogen-bond donors (Lipinski definition) is 0. The molecule has 1 atom stereocenters. The maximum atomic E-state index is 7.09. The molecule has 6 aliphatic rings. The molecular formula is C72H69N3O. The summed E-state index contributed by atoms with van der Waals surface area (Å²) < 4.78 is 7.09. The highest BCUT2D eigenvalue weighted by Crippen LogP contribution is 2.66. The number of hydrogen-bond acceptors (Lipinski definition) is 4. The Kier molecular flexibility index (Phi) is 9.22. The van der Waals surface area contributed by atoms with Crippen LogP contribution in [0.1, 0.15) is 162 Å². The molecule has 9 aromatic rings. The Morgan fingerprint density at radius 3 is 1.88 bits per heavy atom. The van der Waals surface area contributed by atoms with Crippen LogP contribution < -0.4 is 14.7 Å². The summed E-state index contributed by atoms with van der Waals surface area (Å²) in [5, 5.41) is 2.27. The number of allylic oxidation sites excluding steroid dienone is 1. The van der Waals surface area contributed by atoms with E-state index in [1.807, 2.05) is 0 Å². The first-order chi connectivity index (χ1) is 36.3. The van der Waals surface area contributed by atoms with Crippen molar-refractivity contribution in [1.29, 1.82) is 0 Å². The van der Waals surface area contributed by atoms with Gasteiger partial charge in [0.2, 0.25) is 0 Å². The van der Waals surface area contributed by atoms with E-state index in [2.05, 4.69) is 243 Å². The molecule has 0 fully saturated rings. The standard InChI is InChI=1S/C72H69N3O/c1-42-36-60-64-61(37-42)75(57-26-19-23-47-45-22-15-18-27-62(45)76-67(47)57)58-41-59-55(72(10,11)52-24-16-17-25-56(52)73(59)43-20-13-12-14-21-43)40-49(58)63(64)50-39-48-46(29-31-53-65(48)71(8,9)35-34-69(53,4)5)66(50)74(60)44-28-30-51-54(38-44)70(6,7)33-32-68(51,2)3/h12-31,36-38,40-41,63H,32-35,39H2,1-11H3. The van der Waals surface area contributed by atoms with Crippen molar-refractivity contribution < 1.29 is 4.42 Å². The predicted molar refractivity (Wildman–Crippen MR) is 318 cm³/mol. The van der Waals surface area contributed by atoms with Crippen molar-refractivity contribution in [2.45, 2.75) is 141 Å². The summed E-state index contributed by atoms with van der Waals surface area (Å²) in [5.41, 5.74) is 29.9. The van der Waals surface area contributed by atoms with Crippen molar-refractivity contribution >= 4 is 73.1 Å². The number of para-hydroxylation sites is 4. The van der Waals surface area contributed by atoms with Crippen molar-refractivity contribution in [3.05, 3.63) is 218 Å². The van der Waals surface area contributed by atoms with E-state index in [-0.39, 0.29) is 33.0 Å². The molecule has 76 heavy (non-hydrogen) atoms. The third-order valence-electron chi connectivity index (χ3n) is 19.8. The second-order valence-electron chi connectivity index (χ2n) is 26.6. The minimum atomic E-state index is -0.304. The van der Waals surface area contributed by atoms with E-state index in [1.54, 1.807) is 5.56 Å². The van der Waals surface area contributed by atoms with Crippen LogP contribution >= 0.6 is 0 Å². The Labute approximate surface area is 449 Å². The van der Waals surface area contributed by atoms with Gasteiger partial charge in [0.25, 0.3) is 0 Å². The minimum Gasteiger partial charge on any atom is -0.454 e. The van der Waals surface area contributed by atoms with Gasteiger partial charge >= 0.3 is 0 Å². The molecule has 1 unspecified atom stereocenters. The molecule has 0 saturated heterocycles. The third-order valence-corrected chi connectivity index (χ3v) is 19.8. The lowest BCUT2D eigenvalue weighted by Crippen LogP contribution is -2.35. The highest BCUT2D eigenvalue weighted by Gasteiger charge is 2.50. The molecule has 15 rings (SSSR count). The average Bonchev–Trinajstić information content (AvgIpc) is 4.02. The van der Waals surface area contributed by atoms with E-state index >= 15 is 0 Å². The van der Waals surface area contributed by atoms with Gasteiger partial charge in [-0.2, -0.15) is 0 Å². The number of furan rings is 1. The van der Waals surface area contributed by atoms with E-state index in [0.29, 0.717) is 0 Å². The lowest BCUT2D eigenvalue weighted by atomic mass is 9.61. The van der Waals surface area contributed by atoms with E-state index in [1.165, 1.54) is 120 Å². The summed E-state index contributed by atoms with van der Waals surface area (Å²) in [6.07, 6.45) is 5.62. The largest absolute Gasteiger partial charge is 0.454 e. The molecule has 0 spiro atoms. The molecule has 4 heteroatoms. The summed E-state index contributed by atoms with van der Waals surface area (Å²) in [6, 6.07) is 58.4. The predicted octanol–water partition coefficient (Wildman–Crippen LogP) is 19.7. The van der Waals surface area contributed by atoms with Crippen LogP contribution in [0.5, 0.6) is 0 Å². The number of fused-ring (bicyclic) bond motifs is 13. The summed E-state index contributed by atoms with van der Waals surface area (Å²) in [7, 11) is 0. The van der Waals surface area contributed by atoms with Crippen LogP contribution in [-0.4, -0.2) is 0 Å². The molecule has 3 aliphatic carbocycles. The van der Waals surface area contributed by atoms with Crippen LogP contribution in [0.3, 0.4) is 0 Å². The quantitative estimate of drug-likeness (QED) is 0.176. The topological polar surface area (TPSA) is 22.9 Å². The Morgan fingerprint density at radius 1 is 0.447 bits per heavy atom. The highest BCUT2D eigenvalue weighted by molar-refractivity contribution is 6.12. The highest BCUT2D eigenvalue weighted by atomic mass is 16.3. The zero-order valence-electron chi connectivity index (χ0n) is 46.3. The Morgan fingerprint density at radius 2 is 1.09 bits per heavy atom.